The van der Waals surface area contributed by atoms with E-state index in [9.17, 15) is 19.2 Å². The van der Waals surface area contributed by atoms with Crippen molar-refractivity contribution in [2.45, 2.75) is 52.9 Å². The number of fused-ring (bicyclic) bond motifs is 17. The van der Waals surface area contributed by atoms with Crippen LogP contribution < -0.4 is 20.1 Å². The van der Waals surface area contributed by atoms with Gasteiger partial charge in [-0.05, 0) is 62.3 Å². The molecule has 1 atom stereocenters. The molecule has 0 radical (unpaired) electrons. The van der Waals surface area contributed by atoms with E-state index in [0.29, 0.717) is 42.3 Å². The van der Waals surface area contributed by atoms with Gasteiger partial charge in [0.05, 0.1) is 19.1 Å². The first-order chi connectivity index (χ1) is 22.1. The Bertz CT molecular complexity index is 1490. The van der Waals surface area contributed by atoms with Gasteiger partial charge in [0.25, 0.3) is 11.8 Å². The first-order valence-corrected chi connectivity index (χ1v) is 15.7. The van der Waals surface area contributed by atoms with Crippen LogP contribution in [-0.2, 0) is 25.5 Å². The molecule has 3 aromatic rings. The summed E-state index contributed by atoms with van der Waals surface area (Å²) in [4.78, 5) is 58.7. The minimum absolute atomic E-state index is 0.0905. The number of hydrogen-bond donors (Lipinski definition) is 2. The molecular formula is C33H44N6O7. The number of methoxy groups -OCH3 is 1. The van der Waals surface area contributed by atoms with Crippen molar-refractivity contribution in [3.8, 4) is 11.5 Å². The van der Waals surface area contributed by atoms with Crippen molar-refractivity contribution in [2.24, 2.45) is 11.3 Å². The molecular weight excluding hydrogens is 592 g/mol. The molecule has 3 amide bonds. The smallest absolute Gasteiger partial charge is 0.314 e. The van der Waals surface area contributed by atoms with E-state index in [2.05, 4.69) is 34.6 Å². The summed E-state index contributed by atoms with van der Waals surface area (Å²) in [6.45, 7) is 6.57. The maximum absolute atomic E-state index is 13.6. The van der Waals surface area contributed by atoms with Gasteiger partial charge in [-0.15, -0.1) is 0 Å². The van der Waals surface area contributed by atoms with Crippen LogP contribution in [0.4, 0.5) is 0 Å². The Labute approximate surface area is 269 Å². The zero-order chi connectivity index (χ0) is 33.1. The number of amides is 3. The van der Waals surface area contributed by atoms with Crippen LogP contribution in [0.15, 0.2) is 42.7 Å². The summed E-state index contributed by atoms with van der Waals surface area (Å²) in [5, 5.41) is 10.1. The molecule has 248 valence electrons. The molecule has 1 aromatic carbocycles. The minimum Gasteiger partial charge on any atom is -0.493 e. The van der Waals surface area contributed by atoms with E-state index < -0.39 is 5.41 Å². The highest BCUT2D eigenvalue weighted by Crippen LogP contribution is 2.35. The summed E-state index contributed by atoms with van der Waals surface area (Å²) in [6, 6.07) is 8.63. The van der Waals surface area contributed by atoms with Crippen molar-refractivity contribution in [3.05, 3.63) is 54.0 Å². The van der Waals surface area contributed by atoms with Gasteiger partial charge in [0.1, 0.15) is 0 Å². The standard InChI is InChI=1S/C33H44N6O7/c1-5-45-32(43)33(12-11-23(2)3)20-24-9-10-26(27(18-24)44-4)46-21-30(41)35-14-17-38(15-6-8-29(40)36-22-33)31(42)25-19-28-34-13-7-16-39(28)37-25/h7,9-10,13,16,18-19,23H,5-6,8,11-12,14-15,17,20-22H2,1-4H3,(H,35,41)(H,36,40). The number of ether oxygens (including phenoxy) is 3. The average Bonchev–Trinajstić information content (AvgIpc) is 3.48. The van der Waals surface area contributed by atoms with Crippen LogP contribution >= 0.6 is 0 Å². The van der Waals surface area contributed by atoms with Crippen LogP contribution in [0.2, 0.25) is 0 Å². The fourth-order valence-electron chi connectivity index (χ4n) is 5.39. The van der Waals surface area contributed by atoms with Crippen molar-refractivity contribution in [3.63, 3.8) is 0 Å². The molecule has 13 heteroatoms. The first-order valence-electron chi connectivity index (χ1n) is 15.7. The van der Waals surface area contributed by atoms with E-state index in [0.717, 1.165) is 12.0 Å². The van der Waals surface area contributed by atoms with Crippen molar-refractivity contribution in [1.82, 2.24) is 30.1 Å². The number of nitrogens with zero attached hydrogens (tertiary/aromatic N) is 4. The molecule has 2 aliphatic heterocycles. The summed E-state index contributed by atoms with van der Waals surface area (Å²) < 4.78 is 18.4. The summed E-state index contributed by atoms with van der Waals surface area (Å²) in [5.41, 5.74) is 0.509. The Hall–Kier alpha value is -4.68. The van der Waals surface area contributed by atoms with E-state index in [1.54, 1.807) is 48.5 Å². The molecule has 2 bridgehead atoms. The number of esters is 1. The highest BCUT2D eigenvalue weighted by Gasteiger charge is 2.40. The number of aromatic nitrogens is 3. The zero-order valence-corrected chi connectivity index (χ0v) is 27.0. The monoisotopic (exact) mass is 636 g/mol. The Morgan fingerprint density at radius 1 is 1.13 bits per heavy atom. The second-order valence-electron chi connectivity index (χ2n) is 11.9. The van der Waals surface area contributed by atoms with Gasteiger partial charge in [-0.3, -0.25) is 19.2 Å². The number of carbonyl (C=O) groups is 4. The van der Waals surface area contributed by atoms with Gasteiger partial charge in [-0.25, -0.2) is 9.50 Å². The second-order valence-corrected chi connectivity index (χ2v) is 11.9. The lowest BCUT2D eigenvalue weighted by Crippen LogP contribution is -2.46. The lowest BCUT2D eigenvalue weighted by atomic mass is 9.76. The van der Waals surface area contributed by atoms with E-state index in [1.165, 1.54) is 11.6 Å². The third-order valence-corrected chi connectivity index (χ3v) is 7.94. The molecule has 5 rings (SSSR count). The molecule has 0 fully saturated rings. The van der Waals surface area contributed by atoms with E-state index >= 15 is 0 Å². The van der Waals surface area contributed by atoms with Crippen molar-refractivity contribution in [1.29, 1.82) is 0 Å². The molecule has 0 spiro atoms. The van der Waals surface area contributed by atoms with E-state index in [-0.39, 0.29) is 75.2 Å². The van der Waals surface area contributed by atoms with Crippen LogP contribution in [0, 0.1) is 11.3 Å². The van der Waals surface area contributed by atoms with E-state index in [1.807, 2.05) is 6.07 Å². The Morgan fingerprint density at radius 2 is 1.96 bits per heavy atom. The van der Waals surface area contributed by atoms with Gasteiger partial charge in [-0.1, -0.05) is 19.9 Å². The van der Waals surface area contributed by atoms with Crippen molar-refractivity contribution >= 4 is 29.3 Å². The maximum atomic E-state index is 13.6. The number of benzene rings is 1. The molecule has 2 aromatic heterocycles. The molecule has 1 unspecified atom stereocenters. The predicted molar refractivity (Wildman–Crippen MR) is 169 cm³/mol. The molecule has 13 nitrogen and oxygen atoms in total. The summed E-state index contributed by atoms with van der Waals surface area (Å²) in [7, 11) is 1.50. The average molecular weight is 637 g/mol. The highest BCUT2D eigenvalue weighted by molar-refractivity contribution is 5.93. The Morgan fingerprint density at radius 3 is 2.70 bits per heavy atom. The van der Waals surface area contributed by atoms with Crippen LogP contribution in [-0.4, -0.2) is 89.7 Å². The number of rotatable bonds is 7. The Balaban J connectivity index is 1.60. The SMILES string of the molecule is CCOC(=O)C1(CCC(C)C)CNC(=O)CCCN(C(=O)c2cc3ncccn3n2)CCNC(=O)COc2ccc(cc2OC)C1. The highest BCUT2D eigenvalue weighted by atomic mass is 16.5. The minimum atomic E-state index is -1.02. The normalized spacial score (nSPS) is 18.6. The predicted octanol–water partition coefficient (Wildman–Crippen LogP) is 2.81. The number of carbonyl (C=O) groups excluding carboxylic acids is 4. The number of hydrogen-bond acceptors (Lipinski definition) is 9. The quantitative estimate of drug-likeness (QED) is 0.294. The van der Waals surface area contributed by atoms with Gasteiger partial charge in [0.15, 0.2) is 29.4 Å². The topological polar surface area (TPSA) is 153 Å². The van der Waals surface area contributed by atoms with Crippen LogP contribution in [0.3, 0.4) is 0 Å². The molecule has 4 heterocycles. The third-order valence-electron chi connectivity index (χ3n) is 7.94. The fraction of sp³-hybridized carbons (Fsp3) is 0.515. The lowest BCUT2D eigenvalue weighted by Gasteiger charge is -2.33. The zero-order valence-electron chi connectivity index (χ0n) is 27.0. The Kier molecular flexibility index (Phi) is 11.9. The van der Waals surface area contributed by atoms with Gasteiger partial charge in [-0.2, -0.15) is 5.10 Å². The fourth-order valence-corrected chi connectivity index (χ4v) is 5.39. The molecule has 2 N–H and O–H groups in total. The summed E-state index contributed by atoms with van der Waals surface area (Å²) in [5.74, 6) is -0.236. The van der Waals surface area contributed by atoms with Crippen LogP contribution in [0.25, 0.3) is 5.65 Å². The molecule has 0 aliphatic carbocycles. The van der Waals surface area contributed by atoms with Gasteiger partial charge >= 0.3 is 5.97 Å². The maximum Gasteiger partial charge on any atom is 0.314 e. The van der Waals surface area contributed by atoms with Crippen molar-refractivity contribution in [2.75, 3.05) is 46.5 Å². The molecule has 0 saturated heterocycles. The summed E-state index contributed by atoms with van der Waals surface area (Å²) >= 11 is 0. The molecule has 2 aliphatic rings. The van der Waals surface area contributed by atoms with Crippen molar-refractivity contribution < 1.29 is 33.4 Å². The van der Waals surface area contributed by atoms with Crippen LogP contribution in [0.1, 0.15) is 62.5 Å². The van der Waals surface area contributed by atoms with Gasteiger partial charge < -0.3 is 29.7 Å². The largest absolute Gasteiger partial charge is 0.493 e. The molecule has 0 saturated carbocycles. The first kappa shape index (κ1) is 34.2. The summed E-state index contributed by atoms with van der Waals surface area (Å²) in [6.07, 6.45) is 5.35. The third kappa shape index (κ3) is 8.95. The van der Waals surface area contributed by atoms with Gasteiger partial charge in [0.2, 0.25) is 5.91 Å². The second kappa shape index (κ2) is 16.1. The lowest BCUT2D eigenvalue weighted by molar-refractivity contribution is -0.156. The van der Waals surface area contributed by atoms with Gasteiger partial charge in [0, 0.05) is 51.1 Å². The number of nitrogens with one attached hydrogen (secondary N) is 2. The van der Waals surface area contributed by atoms with Crippen LogP contribution in [0.5, 0.6) is 11.5 Å². The molecule has 46 heavy (non-hydrogen) atoms. The van der Waals surface area contributed by atoms with E-state index in [4.69, 9.17) is 14.2 Å².